The van der Waals surface area contributed by atoms with Crippen molar-refractivity contribution >= 4 is 50.7 Å². The fourth-order valence-corrected chi connectivity index (χ4v) is 6.22. The van der Waals surface area contributed by atoms with Gasteiger partial charge in [-0.15, -0.1) is 0 Å². The molecule has 0 radical (unpaired) electrons. The summed E-state index contributed by atoms with van der Waals surface area (Å²) in [4.78, 5) is 29.3. The molecule has 11 heteroatoms. The number of amides is 2. The van der Waals surface area contributed by atoms with Crippen molar-refractivity contribution in [3.63, 3.8) is 0 Å². The molecule has 0 bridgehead atoms. The number of carbonyl (C=O) groups excluding carboxylic acids is 2. The lowest BCUT2D eigenvalue weighted by molar-refractivity contribution is -0.142. The Morgan fingerprint density at radius 1 is 0.932 bits per heavy atom. The fourth-order valence-electron chi connectivity index (χ4n) is 4.74. The summed E-state index contributed by atoms with van der Waals surface area (Å²) in [5.74, 6) is -0.0112. The first-order valence-corrected chi connectivity index (χ1v) is 17.1. The Balaban J connectivity index is 1.92. The fraction of sp³-hybridized carbons (Fsp3) is 0.394. The molecule has 1 atom stereocenters. The number of anilines is 1. The highest BCUT2D eigenvalue weighted by atomic mass is 35.5. The summed E-state index contributed by atoms with van der Waals surface area (Å²) in [5.41, 5.74) is 1.33. The topological polar surface area (TPSA) is 96.0 Å². The van der Waals surface area contributed by atoms with Gasteiger partial charge < -0.3 is 15.0 Å². The van der Waals surface area contributed by atoms with Crippen molar-refractivity contribution in [3.8, 4) is 5.75 Å². The molecule has 44 heavy (non-hydrogen) atoms. The summed E-state index contributed by atoms with van der Waals surface area (Å²) in [6.07, 6.45) is 1.59. The Labute approximate surface area is 271 Å². The van der Waals surface area contributed by atoms with E-state index in [1.807, 2.05) is 58.0 Å². The van der Waals surface area contributed by atoms with Gasteiger partial charge in [-0.25, -0.2) is 8.42 Å². The number of hydrogen-bond acceptors (Lipinski definition) is 5. The highest BCUT2D eigenvalue weighted by Gasteiger charge is 2.33. The molecule has 8 nitrogen and oxygen atoms in total. The van der Waals surface area contributed by atoms with Gasteiger partial charge in [0.25, 0.3) is 0 Å². The van der Waals surface area contributed by atoms with E-state index in [1.54, 1.807) is 42.5 Å². The third-order valence-corrected chi connectivity index (χ3v) is 8.65. The molecule has 0 heterocycles. The normalized spacial score (nSPS) is 12.3. The Morgan fingerprint density at radius 2 is 1.55 bits per heavy atom. The van der Waals surface area contributed by atoms with Crippen molar-refractivity contribution < 1.29 is 22.7 Å². The predicted octanol–water partition coefficient (Wildman–Crippen LogP) is 6.49. The van der Waals surface area contributed by atoms with E-state index in [9.17, 15) is 18.0 Å². The number of carbonyl (C=O) groups is 2. The molecule has 0 aliphatic heterocycles. The van der Waals surface area contributed by atoms with Gasteiger partial charge in [-0.2, -0.15) is 0 Å². The van der Waals surface area contributed by atoms with Crippen LogP contribution in [0.1, 0.15) is 51.7 Å². The summed E-state index contributed by atoms with van der Waals surface area (Å²) in [5, 5.41) is 3.78. The number of sulfonamides is 1. The van der Waals surface area contributed by atoms with Crippen LogP contribution >= 0.6 is 23.2 Å². The molecule has 0 fully saturated rings. The van der Waals surface area contributed by atoms with Crippen LogP contribution in [0.3, 0.4) is 0 Å². The van der Waals surface area contributed by atoms with E-state index >= 15 is 0 Å². The first-order valence-electron chi connectivity index (χ1n) is 14.5. The monoisotopic (exact) mass is 661 g/mol. The van der Waals surface area contributed by atoms with Gasteiger partial charge in [0, 0.05) is 47.1 Å². The average Bonchev–Trinajstić information content (AvgIpc) is 2.94. The number of rotatable bonds is 14. The third-order valence-electron chi connectivity index (χ3n) is 6.75. The van der Waals surface area contributed by atoms with E-state index in [0.29, 0.717) is 33.7 Å². The smallest absolute Gasteiger partial charge is 0.243 e. The SMILES string of the molecule is CCOc1ccc(N(CCCC(=O)N(Cc2c(Cl)cccc2Cl)[C@H](Cc2ccccc2)C(=O)NC(C)(C)C)S(C)(=O)=O)cc1. The Bertz CT molecular complexity index is 1490. The van der Waals surface area contributed by atoms with Gasteiger partial charge in [0.2, 0.25) is 21.8 Å². The number of nitrogens with one attached hydrogen (secondary N) is 1. The molecule has 1 N–H and O–H groups in total. The molecule has 238 valence electrons. The van der Waals surface area contributed by atoms with Gasteiger partial charge in [0.1, 0.15) is 11.8 Å². The Hall–Kier alpha value is -3.27. The minimum Gasteiger partial charge on any atom is -0.494 e. The van der Waals surface area contributed by atoms with Crippen molar-refractivity contribution in [1.82, 2.24) is 10.2 Å². The highest BCUT2D eigenvalue weighted by molar-refractivity contribution is 7.92. The molecule has 0 aliphatic carbocycles. The van der Waals surface area contributed by atoms with E-state index in [2.05, 4.69) is 5.32 Å². The maximum atomic E-state index is 14.0. The summed E-state index contributed by atoms with van der Waals surface area (Å²) in [6, 6.07) is 20.4. The highest BCUT2D eigenvalue weighted by Crippen LogP contribution is 2.28. The summed E-state index contributed by atoms with van der Waals surface area (Å²) < 4.78 is 32.2. The zero-order valence-electron chi connectivity index (χ0n) is 25.8. The molecule has 2 amide bonds. The van der Waals surface area contributed by atoms with Crippen LogP contribution in [0.4, 0.5) is 5.69 Å². The first-order chi connectivity index (χ1) is 20.7. The van der Waals surface area contributed by atoms with Gasteiger partial charge in [-0.3, -0.25) is 13.9 Å². The largest absolute Gasteiger partial charge is 0.494 e. The Kier molecular flexibility index (Phi) is 12.5. The molecule has 3 aromatic rings. The van der Waals surface area contributed by atoms with Crippen molar-refractivity contribution in [2.24, 2.45) is 0 Å². The van der Waals surface area contributed by atoms with Crippen molar-refractivity contribution in [3.05, 3.63) is 94.0 Å². The molecule has 3 rings (SSSR count). The maximum absolute atomic E-state index is 14.0. The maximum Gasteiger partial charge on any atom is 0.243 e. The van der Waals surface area contributed by atoms with Crippen LogP contribution in [0, 0.1) is 0 Å². The summed E-state index contributed by atoms with van der Waals surface area (Å²) in [7, 11) is -3.64. The first kappa shape index (κ1) is 35.2. The minimum absolute atomic E-state index is 0.00108. The van der Waals surface area contributed by atoms with Crippen LogP contribution in [-0.4, -0.2) is 56.1 Å². The van der Waals surface area contributed by atoms with E-state index in [1.165, 1.54) is 9.21 Å². The van der Waals surface area contributed by atoms with Crippen LogP contribution in [0.5, 0.6) is 5.75 Å². The molecule has 3 aromatic carbocycles. The molecule has 0 aromatic heterocycles. The second-order valence-corrected chi connectivity index (χ2v) is 14.3. The zero-order valence-corrected chi connectivity index (χ0v) is 28.2. The number of nitrogens with zero attached hydrogens (tertiary/aromatic N) is 2. The van der Waals surface area contributed by atoms with E-state index in [0.717, 1.165) is 11.8 Å². The quantitative estimate of drug-likeness (QED) is 0.213. The minimum atomic E-state index is -3.64. The molecular weight excluding hydrogens is 621 g/mol. The standard InChI is InChI=1S/C33H41Cl2N3O5S/c1-6-43-26-19-17-25(18-20-26)38(44(5,41)42)21-11-16-31(39)37(23-27-28(34)14-10-15-29(27)35)30(32(40)36-33(2,3)4)22-24-12-8-7-9-13-24/h7-10,12-15,17-20,30H,6,11,16,21-23H2,1-5H3,(H,36,40)/t30-/m1/s1. The van der Waals surface area contributed by atoms with Crippen molar-refractivity contribution in [1.29, 1.82) is 0 Å². The molecular formula is C33H41Cl2N3O5S. The number of hydrogen-bond donors (Lipinski definition) is 1. The number of benzene rings is 3. The lowest BCUT2D eigenvalue weighted by Gasteiger charge is -2.34. The molecule has 0 unspecified atom stereocenters. The van der Waals surface area contributed by atoms with Gasteiger partial charge >= 0.3 is 0 Å². The van der Waals surface area contributed by atoms with Crippen molar-refractivity contribution in [2.45, 2.75) is 65.1 Å². The average molecular weight is 663 g/mol. The van der Waals surface area contributed by atoms with Crippen LogP contribution in [-0.2, 0) is 32.6 Å². The van der Waals surface area contributed by atoms with Crippen LogP contribution in [0.25, 0.3) is 0 Å². The second kappa shape index (κ2) is 15.6. The third kappa shape index (κ3) is 10.4. The molecule has 0 spiro atoms. The van der Waals surface area contributed by atoms with Crippen LogP contribution in [0.2, 0.25) is 10.0 Å². The van der Waals surface area contributed by atoms with Crippen molar-refractivity contribution in [2.75, 3.05) is 23.7 Å². The van der Waals surface area contributed by atoms with E-state index in [4.69, 9.17) is 27.9 Å². The van der Waals surface area contributed by atoms with E-state index in [-0.39, 0.29) is 44.2 Å². The van der Waals surface area contributed by atoms with Gasteiger partial charge in [-0.1, -0.05) is 59.6 Å². The second-order valence-electron chi connectivity index (χ2n) is 11.5. The van der Waals surface area contributed by atoms with Crippen LogP contribution < -0.4 is 14.4 Å². The van der Waals surface area contributed by atoms with E-state index < -0.39 is 21.6 Å². The Morgan fingerprint density at radius 3 is 2.09 bits per heavy atom. The summed E-state index contributed by atoms with van der Waals surface area (Å²) >= 11 is 13.0. The number of ether oxygens (including phenoxy) is 1. The zero-order chi connectivity index (χ0) is 32.5. The van der Waals surface area contributed by atoms with Gasteiger partial charge in [0.05, 0.1) is 18.6 Å². The van der Waals surface area contributed by atoms with Gasteiger partial charge in [-0.05, 0) is 76.1 Å². The lowest BCUT2D eigenvalue weighted by Crippen LogP contribution is -2.54. The molecule has 0 saturated heterocycles. The lowest BCUT2D eigenvalue weighted by atomic mass is 10.00. The van der Waals surface area contributed by atoms with Crippen LogP contribution in [0.15, 0.2) is 72.8 Å². The number of halogens is 2. The predicted molar refractivity (Wildman–Crippen MR) is 178 cm³/mol. The molecule has 0 aliphatic rings. The van der Waals surface area contributed by atoms with Gasteiger partial charge in [0.15, 0.2) is 0 Å². The summed E-state index contributed by atoms with van der Waals surface area (Å²) in [6.45, 7) is 8.06. The molecule has 0 saturated carbocycles.